The number of hydrogen-bond acceptors (Lipinski definition) is 6. The molecule has 1 fully saturated rings. The van der Waals surface area contributed by atoms with Gasteiger partial charge in [-0.25, -0.2) is 17.9 Å². The summed E-state index contributed by atoms with van der Waals surface area (Å²) in [5.41, 5.74) is 4.39. The zero-order chi connectivity index (χ0) is 21.4. The van der Waals surface area contributed by atoms with Gasteiger partial charge >= 0.3 is 0 Å². The second-order valence-corrected chi connectivity index (χ2v) is 9.50. The summed E-state index contributed by atoms with van der Waals surface area (Å²) >= 11 is 0. The molecular weight excluding hydrogens is 412 g/mol. The van der Waals surface area contributed by atoms with Gasteiger partial charge in [-0.3, -0.25) is 0 Å². The van der Waals surface area contributed by atoms with Crippen molar-refractivity contribution in [2.45, 2.75) is 4.90 Å². The van der Waals surface area contributed by atoms with Crippen LogP contribution in [-0.2, 0) is 14.6 Å². The molecule has 7 nitrogen and oxygen atoms in total. The van der Waals surface area contributed by atoms with Crippen LogP contribution in [0, 0.1) is 6.07 Å². The van der Waals surface area contributed by atoms with Crippen LogP contribution in [0.5, 0.6) is 0 Å². The average Bonchev–Trinajstić information content (AvgIpc) is 3.24. The van der Waals surface area contributed by atoms with Crippen LogP contribution in [0.15, 0.2) is 65.7 Å². The standard InChI is InChI=1S/C23H21N4O3S/c1-31(28,29)20-9-7-17(8-10-20)21-6-3-11-27-23(21)24-22(25-27)18-4-2-5-19(16-18)26-12-14-30-15-13-26/h2-3,5-11,16H,12-15H2,1H3. The Morgan fingerprint density at radius 1 is 1.06 bits per heavy atom. The van der Waals surface area contributed by atoms with Gasteiger partial charge in [0.25, 0.3) is 0 Å². The minimum atomic E-state index is -3.24. The molecule has 0 aliphatic carbocycles. The van der Waals surface area contributed by atoms with Crippen molar-refractivity contribution in [1.82, 2.24) is 14.6 Å². The molecule has 0 saturated carbocycles. The van der Waals surface area contributed by atoms with Crippen molar-refractivity contribution in [2.24, 2.45) is 0 Å². The van der Waals surface area contributed by atoms with Crippen LogP contribution < -0.4 is 4.90 Å². The Hall–Kier alpha value is -3.23. The quantitative estimate of drug-likeness (QED) is 0.492. The molecule has 0 N–H and O–H groups in total. The number of fused-ring (bicyclic) bond motifs is 1. The summed E-state index contributed by atoms with van der Waals surface area (Å²) in [4.78, 5) is 7.35. The Morgan fingerprint density at radius 2 is 1.84 bits per heavy atom. The second-order valence-electron chi connectivity index (χ2n) is 7.48. The van der Waals surface area contributed by atoms with Crippen LogP contribution >= 0.6 is 0 Å². The van der Waals surface area contributed by atoms with Gasteiger partial charge in [-0.05, 0) is 48.0 Å². The molecule has 0 spiro atoms. The van der Waals surface area contributed by atoms with Gasteiger partial charge in [0.1, 0.15) is 0 Å². The summed E-state index contributed by atoms with van der Waals surface area (Å²) < 4.78 is 30.7. The number of benzene rings is 2. The minimum absolute atomic E-state index is 0.292. The van der Waals surface area contributed by atoms with Gasteiger partial charge < -0.3 is 9.64 Å². The maximum atomic E-state index is 11.8. The number of rotatable bonds is 4. The van der Waals surface area contributed by atoms with Crippen LogP contribution in [0.3, 0.4) is 0 Å². The Labute approximate surface area is 180 Å². The third-order valence-corrected chi connectivity index (χ3v) is 6.49. The molecule has 1 aliphatic rings. The predicted octanol–water partition coefficient (Wildman–Crippen LogP) is 3.10. The Bertz CT molecular complexity index is 1340. The molecule has 4 aromatic rings. The first-order valence-electron chi connectivity index (χ1n) is 10.00. The normalized spacial score (nSPS) is 14.8. The lowest BCUT2D eigenvalue weighted by Crippen LogP contribution is -2.36. The number of hydrogen-bond donors (Lipinski definition) is 0. The van der Waals surface area contributed by atoms with E-state index in [2.05, 4.69) is 22.1 Å². The molecule has 0 bridgehead atoms. The molecule has 157 valence electrons. The fourth-order valence-corrected chi connectivity index (χ4v) is 4.36. The zero-order valence-corrected chi connectivity index (χ0v) is 17.8. The number of pyridine rings is 1. The highest BCUT2D eigenvalue weighted by atomic mass is 32.2. The fourth-order valence-electron chi connectivity index (χ4n) is 3.73. The molecule has 3 heterocycles. The Morgan fingerprint density at radius 3 is 2.58 bits per heavy atom. The van der Waals surface area contributed by atoms with Crippen LogP contribution in [-0.4, -0.2) is 55.6 Å². The molecule has 5 rings (SSSR count). The summed E-state index contributed by atoms with van der Waals surface area (Å²) in [7, 11) is -3.24. The average molecular weight is 434 g/mol. The topological polar surface area (TPSA) is 76.8 Å². The van der Waals surface area contributed by atoms with E-state index in [1.54, 1.807) is 28.8 Å². The maximum Gasteiger partial charge on any atom is 0.182 e. The first-order chi connectivity index (χ1) is 15.0. The van der Waals surface area contributed by atoms with E-state index in [0.29, 0.717) is 16.4 Å². The SMILES string of the molecule is CS(=O)(=O)c1ccc(-c2cccn3nc(-c4[c]ccc(N5CCOCC5)c4)nc23)cc1. The van der Waals surface area contributed by atoms with Crippen molar-refractivity contribution in [2.75, 3.05) is 37.5 Å². The van der Waals surface area contributed by atoms with Crippen LogP contribution in [0.2, 0.25) is 0 Å². The predicted molar refractivity (Wildman–Crippen MR) is 119 cm³/mol. The number of ether oxygens (including phenoxy) is 1. The monoisotopic (exact) mass is 433 g/mol. The van der Waals surface area contributed by atoms with Crippen molar-refractivity contribution >= 4 is 21.2 Å². The van der Waals surface area contributed by atoms with Crippen molar-refractivity contribution in [1.29, 1.82) is 0 Å². The number of morpholine rings is 1. The van der Waals surface area contributed by atoms with Gasteiger partial charge in [-0.15, -0.1) is 5.10 Å². The van der Waals surface area contributed by atoms with E-state index in [0.717, 1.165) is 48.7 Å². The lowest BCUT2D eigenvalue weighted by molar-refractivity contribution is 0.122. The molecule has 1 radical (unpaired) electrons. The van der Waals surface area contributed by atoms with Crippen LogP contribution in [0.1, 0.15) is 0 Å². The molecule has 0 atom stereocenters. The molecule has 31 heavy (non-hydrogen) atoms. The molecule has 0 unspecified atom stereocenters. The molecule has 2 aromatic carbocycles. The largest absolute Gasteiger partial charge is 0.378 e. The summed E-state index contributed by atoms with van der Waals surface area (Å²) in [6.45, 7) is 3.16. The second kappa shape index (κ2) is 7.79. The van der Waals surface area contributed by atoms with Gasteiger partial charge in [-0.1, -0.05) is 18.2 Å². The fraction of sp³-hybridized carbons (Fsp3) is 0.217. The van der Waals surface area contributed by atoms with Gasteiger partial charge in [0.2, 0.25) is 0 Å². The highest BCUT2D eigenvalue weighted by Crippen LogP contribution is 2.28. The van der Waals surface area contributed by atoms with Crippen LogP contribution in [0.25, 0.3) is 28.2 Å². The van der Waals surface area contributed by atoms with Crippen molar-refractivity contribution < 1.29 is 13.2 Å². The highest BCUT2D eigenvalue weighted by Gasteiger charge is 2.15. The summed E-state index contributed by atoms with van der Waals surface area (Å²) in [6, 6.07) is 19.9. The molecular formula is C23H21N4O3S. The van der Waals surface area contributed by atoms with E-state index >= 15 is 0 Å². The Kier molecular flexibility index (Phi) is 4.95. The maximum absolute atomic E-state index is 11.8. The van der Waals surface area contributed by atoms with E-state index < -0.39 is 9.84 Å². The van der Waals surface area contributed by atoms with Gasteiger partial charge in [0.05, 0.1) is 18.1 Å². The van der Waals surface area contributed by atoms with Gasteiger partial charge in [-0.2, -0.15) is 0 Å². The third kappa shape index (κ3) is 3.92. The van der Waals surface area contributed by atoms with E-state index in [9.17, 15) is 8.42 Å². The molecule has 0 amide bonds. The van der Waals surface area contributed by atoms with Gasteiger partial charge in [0.15, 0.2) is 21.3 Å². The minimum Gasteiger partial charge on any atom is -0.378 e. The summed E-state index contributed by atoms with van der Waals surface area (Å²) in [5, 5.41) is 4.65. The first-order valence-corrected chi connectivity index (χ1v) is 11.9. The van der Waals surface area contributed by atoms with E-state index in [1.165, 1.54) is 6.26 Å². The lowest BCUT2D eigenvalue weighted by atomic mass is 10.1. The first kappa shape index (κ1) is 19.7. The molecule has 8 heteroatoms. The number of aromatic nitrogens is 3. The number of sulfone groups is 1. The molecule has 1 aliphatic heterocycles. The van der Waals surface area contributed by atoms with Crippen LogP contribution in [0.4, 0.5) is 5.69 Å². The van der Waals surface area contributed by atoms with Gasteiger partial charge in [0, 0.05) is 42.4 Å². The smallest absolute Gasteiger partial charge is 0.182 e. The lowest BCUT2D eigenvalue weighted by Gasteiger charge is -2.29. The van der Waals surface area contributed by atoms with E-state index in [1.807, 2.05) is 30.5 Å². The number of anilines is 1. The van der Waals surface area contributed by atoms with Crippen molar-refractivity contribution in [3.8, 4) is 22.5 Å². The zero-order valence-electron chi connectivity index (χ0n) is 17.0. The summed E-state index contributed by atoms with van der Waals surface area (Å²) in [5.74, 6) is 0.593. The van der Waals surface area contributed by atoms with Crippen molar-refractivity contribution in [3.05, 3.63) is 66.9 Å². The highest BCUT2D eigenvalue weighted by molar-refractivity contribution is 7.90. The summed E-state index contributed by atoms with van der Waals surface area (Å²) in [6.07, 6.45) is 3.06. The van der Waals surface area contributed by atoms with E-state index in [-0.39, 0.29) is 0 Å². The molecule has 2 aromatic heterocycles. The third-order valence-electron chi connectivity index (χ3n) is 5.36. The molecule has 1 saturated heterocycles. The van der Waals surface area contributed by atoms with E-state index in [4.69, 9.17) is 9.72 Å². The van der Waals surface area contributed by atoms with Crippen molar-refractivity contribution in [3.63, 3.8) is 0 Å². The Balaban J connectivity index is 1.53. The number of nitrogens with zero attached hydrogens (tertiary/aromatic N) is 4.